The van der Waals surface area contributed by atoms with Crippen LogP contribution in [-0.2, 0) is 11.3 Å². The molecule has 0 spiro atoms. The molecular weight excluding hydrogens is 509 g/mol. The van der Waals surface area contributed by atoms with E-state index in [-0.39, 0.29) is 17.4 Å². The average Bonchev–Trinajstić information content (AvgIpc) is 3.43. The van der Waals surface area contributed by atoms with E-state index >= 15 is 0 Å². The van der Waals surface area contributed by atoms with Gasteiger partial charge in [-0.05, 0) is 31.0 Å². The molecule has 2 aromatic heterocycles. The van der Waals surface area contributed by atoms with E-state index in [9.17, 15) is 20.0 Å². The van der Waals surface area contributed by atoms with E-state index in [0.717, 1.165) is 11.1 Å². The van der Waals surface area contributed by atoms with E-state index in [1.807, 2.05) is 17.0 Å². The van der Waals surface area contributed by atoms with Crippen molar-refractivity contribution in [3.63, 3.8) is 0 Å². The molecule has 2 unspecified atom stereocenters. The number of carbonyl (C=O) groups excluding carboxylic acids is 1. The normalized spacial score (nSPS) is 17.2. The Morgan fingerprint density at radius 3 is 2.75 bits per heavy atom. The van der Waals surface area contributed by atoms with Crippen LogP contribution in [0, 0.1) is 10.1 Å². The first-order valence-electron chi connectivity index (χ1n) is 11.2. The van der Waals surface area contributed by atoms with Crippen molar-refractivity contribution in [2.75, 3.05) is 29.5 Å². The maximum atomic E-state index is 12.8. The number of carbonyl (C=O) groups is 1. The van der Waals surface area contributed by atoms with Gasteiger partial charge in [0.2, 0.25) is 11.7 Å². The number of pyridine rings is 1. The van der Waals surface area contributed by atoms with Crippen LogP contribution in [0.4, 0.5) is 23.0 Å². The van der Waals surface area contributed by atoms with Gasteiger partial charge in [0, 0.05) is 54.2 Å². The van der Waals surface area contributed by atoms with Gasteiger partial charge in [-0.2, -0.15) is 0 Å². The summed E-state index contributed by atoms with van der Waals surface area (Å²) in [4.78, 5) is 27.1. The molecule has 1 amide bonds. The monoisotopic (exact) mass is 533 g/mol. The molecule has 1 aliphatic heterocycles. The minimum Gasteiger partial charge on any atom is -0.392 e. The van der Waals surface area contributed by atoms with Crippen LogP contribution >= 0.6 is 23.2 Å². The van der Waals surface area contributed by atoms with Crippen LogP contribution in [0.1, 0.15) is 12.8 Å². The Kier molecular flexibility index (Phi) is 7.94. The molecule has 6 N–H and O–H groups in total. The number of β-amino-alcohol motifs (C(OH)–C–C–N with tert-alkyl or cyclic N) is 1. The van der Waals surface area contributed by atoms with Crippen LogP contribution in [0.25, 0.3) is 11.1 Å². The van der Waals surface area contributed by atoms with Crippen molar-refractivity contribution in [2.24, 2.45) is 0 Å². The molecule has 36 heavy (non-hydrogen) atoms. The van der Waals surface area contributed by atoms with Gasteiger partial charge in [0.15, 0.2) is 0 Å². The van der Waals surface area contributed by atoms with Gasteiger partial charge < -0.3 is 31.4 Å². The highest BCUT2D eigenvalue weighted by atomic mass is 35.5. The predicted molar refractivity (Wildman–Crippen MR) is 139 cm³/mol. The SMILES string of the molecule is Nc1nc(NCCCn2cc(NC(=O)C3CC(O)CN3)c(-c3ccc(Cl)cc3Cl)c2)ccc1[N+](=O)[O-]. The van der Waals surface area contributed by atoms with E-state index in [1.165, 1.54) is 12.1 Å². The van der Waals surface area contributed by atoms with Gasteiger partial charge in [-0.1, -0.05) is 29.3 Å². The number of amides is 1. The highest BCUT2D eigenvalue weighted by molar-refractivity contribution is 6.36. The van der Waals surface area contributed by atoms with Crippen LogP contribution < -0.4 is 21.7 Å². The average molecular weight is 534 g/mol. The largest absolute Gasteiger partial charge is 0.392 e. The van der Waals surface area contributed by atoms with Crippen molar-refractivity contribution >= 4 is 52.1 Å². The van der Waals surface area contributed by atoms with Gasteiger partial charge in [-0.25, -0.2) is 4.98 Å². The fourth-order valence-electron chi connectivity index (χ4n) is 3.99. The number of halogens is 2. The zero-order chi connectivity index (χ0) is 25.8. The Bertz CT molecular complexity index is 1280. The first-order valence-corrected chi connectivity index (χ1v) is 12.0. The summed E-state index contributed by atoms with van der Waals surface area (Å²) in [5.41, 5.74) is 7.45. The van der Waals surface area contributed by atoms with Crippen molar-refractivity contribution < 1.29 is 14.8 Å². The van der Waals surface area contributed by atoms with Gasteiger partial charge in [0.1, 0.15) is 5.82 Å². The number of aliphatic hydroxyl groups excluding tert-OH is 1. The van der Waals surface area contributed by atoms with Crippen molar-refractivity contribution in [1.82, 2.24) is 14.9 Å². The molecule has 11 nitrogen and oxygen atoms in total. The molecule has 3 aromatic rings. The number of nitrogens with two attached hydrogens (primary N) is 1. The van der Waals surface area contributed by atoms with Gasteiger partial charge in [0.05, 0.1) is 27.8 Å². The van der Waals surface area contributed by atoms with Crippen molar-refractivity contribution in [3.05, 3.63) is 62.9 Å². The quantitative estimate of drug-likeness (QED) is 0.158. The van der Waals surface area contributed by atoms with Crippen LogP contribution in [0.15, 0.2) is 42.7 Å². The van der Waals surface area contributed by atoms with Crippen LogP contribution in [0.3, 0.4) is 0 Å². The summed E-state index contributed by atoms with van der Waals surface area (Å²) in [6.45, 7) is 1.51. The highest BCUT2D eigenvalue weighted by Gasteiger charge is 2.29. The lowest BCUT2D eigenvalue weighted by atomic mass is 10.1. The molecule has 13 heteroatoms. The topological polar surface area (TPSA) is 160 Å². The molecule has 3 heterocycles. The summed E-state index contributed by atoms with van der Waals surface area (Å²) in [6.07, 6.45) is 4.19. The molecule has 1 fully saturated rings. The smallest absolute Gasteiger partial charge is 0.311 e. The molecule has 1 saturated heterocycles. The molecule has 0 saturated carbocycles. The fraction of sp³-hybridized carbons (Fsp3) is 0.304. The Morgan fingerprint density at radius 2 is 2.08 bits per heavy atom. The predicted octanol–water partition coefficient (Wildman–Crippen LogP) is 3.51. The highest BCUT2D eigenvalue weighted by Crippen LogP contribution is 2.36. The number of rotatable bonds is 9. The van der Waals surface area contributed by atoms with Crippen molar-refractivity contribution in [2.45, 2.75) is 31.5 Å². The fourth-order valence-corrected chi connectivity index (χ4v) is 4.50. The Balaban J connectivity index is 1.45. The van der Waals surface area contributed by atoms with Gasteiger partial charge in [-0.3, -0.25) is 14.9 Å². The molecule has 0 aliphatic carbocycles. The number of nitrogen functional groups attached to an aromatic ring is 1. The number of aromatic nitrogens is 2. The summed E-state index contributed by atoms with van der Waals surface area (Å²) in [5, 5.41) is 30.6. The van der Waals surface area contributed by atoms with Crippen molar-refractivity contribution in [3.8, 4) is 11.1 Å². The molecule has 0 radical (unpaired) electrons. The molecule has 4 rings (SSSR count). The first-order chi connectivity index (χ1) is 17.2. The third-order valence-electron chi connectivity index (χ3n) is 5.78. The third kappa shape index (κ3) is 6.05. The zero-order valence-electron chi connectivity index (χ0n) is 19.1. The minimum atomic E-state index is -0.579. The first kappa shape index (κ1) is 25.7. The lowest BCUT2D eigenvalue weighted by Gasteiger charge is -2.12. The number of hydrogen-bond acceptors (Lipinski definition) is 8. The number of aryl methyl sites for hydroxylation is 1. The number of nitrogens with zero attached hydrogens (tertiary/aromatic N) is 3. The number of hydrogen-bond donors (Lipinski definition) is 5. The number of benzene rings is 1. The Morgan fingerprint density at radius 1 is 1.28 bits per heavy atom. The van der Waals surface area contributed by atoms with Crippen molar-refractivity contribution in [1.29, 1.82) is 0 Å². The molecule has 1 aromatic carbocycles. The van der Waals surface area contributed by atoms with E-state index in [0.29, 0.717) is 54.0 Å². The number of aliphatic hydroxyl groups is 1. The second-order valence-electron chi connectivity index (χ2n) is 8.43. The van der Waals surface area contributed by atoms with Gasteiger partial charge >= 0.3 is 5.69 Å². The molecule has 1 aliphatic rings. The standard InChI is InChI=1S/C23H25Cl2N7O4/c24-13-2-3-15(17(25)8-13)16-11-31(12-19(16)29-23(34)18-9-14(33)10-28-18)7-1-6-27-21-5-4-20(32(35)36)22(26)30-21/h2-5,8,11-12,14,18,28,33H,1,6-7,9-10H2,(H,29,34)(H3,26,27,30). The maximum absolute atomic E-state index is 12.8. The molecular formula is C23H25Cl2N7O4. The van der Waals surface area contributed by atoms with E-state index < -0.39 is 17.1 Å². The third-order valence-corrected chi connectivity index (χ3v) is 6.33. The number of nitro groups is 1. The second kappa shape index (κ2) is 11.1. The summed E-state index contributed by atoms with van der Waals surface area (Å²) in [6, 6.07) is 7.50. The van der Waals surface area contributed by atoms with Gasteiger partial charge in [-0.15, -0.1) is 0 Å². The summed E-state index contributed by atoms with van der Waals surface area (Å²) in [7, 11) is 0. The Hall–Kier alpha value is -3.38. The summed E-state index contributed by atoms with van der Waals surface area (Å²) in [5.74, 6) is 0.0575. The molecule has 0 bridgehead atoms. The van der Waals surface area contributed by atoms with E-state index in [2.05, 4.69) is 20.9 Å². The van der Waals surface area contributed by atoms with E-state index in [1.54, 1.807) is 18.2 Å². The maximum Gasteiger partial charge on any atom is 0.311 e. The molecule has 2 atom stereocenters. The number of anilines is 3. The second-order valence-corrected chi connectivity index (χ2v) is 9.27. The zero-order valence-corrected chi connectivity index (χ0v) is 20.6. The number of nitrogens with one attached hydrogen (secondary N) is 3. The lowest BCUT2D eigenvalue weighted by Crippen LogP contribution is -2.35. The van der Waals surface area contributed by atoms with Crippen LogP contribution in [-0.4, -0.2) is 50.7 Å². The Labute approximate surface area is 216 Å². The van der Waals surface area contributed by atoms with Crippen LogP contribution in [0.5, 0.6) is 0 Å². The van der Waals surface area contributed by atoms with E-state index in [4.69, 9.17) is 28.9 Å². The van der Waals surface area contributed by atoms with Gasteiger partial charge in [0.25, 0.3) is 0 Å². The summed E-state index contributed by atoms with van der Waals surface area (Å²) < 4.78 is 1.94. The van der Waals surface area contributed by atoms with Crippen LogP contribution in [0.2, 0.25) is 10.0 Å². The minimum absolute atomic E-state index is 0.149. The summed E-state index contributed by atoms with van der Waals surface area (Å²) >= 11 is 12.5. The molecule has 190 valence electrons. The lowest BCUT2D eigenvalue weighted by molar-refractivity contribution is -0.384.